The molecule has 20 heavy (non-hydrogen) atoms. The molecule has 0 saturated carbocycles. The third-order valence-electron chi connectivity index (χ3n) is 2.78. The highest BCUT2D eigenvalue weighted by Crippen LogP contribution is 2.38. The summed E-state index contributed by atoms with van der Waals surface area (Å²) in [6.45, 7) is 0. The van der Waals surface area contributed by atoms with Gasteiger partial charge in [-0.2, -0.15) is 0 Å². The number of halogens is 5. The summed E-state index contributed by atoms with van der Waals surface area (Å²) in [6, 6.07) is 6.91. The van der Waals surface area contributed by atoms with Gasteiger partial charge in [-0.15, -0.1) is 11.6 Å². The van der Waals surface area contributed by atoms with Gasteiger partial charge in [-0.25, -0.2) is 8.78 Å². The summed E-state index contributed by atoms with van der Waals surface area (Å²) in [7, 11) is 1.46. The van der Waals surface area contributed by atoms with Gasteiger partial charge < -0.3 is 4.74 Å². The SMILES string of the molecule is COc1cc(Cl)ccc1C(Cl)c1cc(F)c(Br)cc1F. The lowest BCUT2D eigenvalue weighted by Crippen LogP contribution is -2.01. The van der Waals surface area contributed by atoms with E-state index < -0.39 is 17.0 Å². The second-order valence-electron chi connectivity index (χ2n) is 4.04. The third kappa shape index (κ3) is 3.08. The van der Waals surface area contributed by atoms with Gasteiger partial charge >= 0.3 is 0 Å². The lowest BCUT2D eigenvalue weighted by atomic mass is 10.0. The van der Waals surface area contributed by atoms with E-state index in [1.165, 1.54) is 7.11 Å². The molecule has 0 aliphatic heterocycles. The van der Waals surface area contributed by atoms with Gasteiger partial charge in [0.1, 0.15) is 17.4 Å². The molecule has 0 spiro atoms. The monoisotopic (exact) mass is 380 g/mol. The Morgan fingerprint density at radius 2 is 1.80 bits per heavy atom. The van der Waals surface area contributed by atoms with Crippen molar-refractivity contribution in [3.63, 3.8) is 0 Å². The summed E-state index contributed by atoms with van der Waals surface area (Å²) in [5, 5.41) is -0.415. The first-order chi connectivity index (χ1) is 9.43. The average Bonchev–Trinajstić information content (AvgIpc) is 2.42. The van der Waals surface area contributed by atoms with Crippen molar-refractivity contribution >= 4 is 39.1 Å². The lowest BCUT2D eigenvalue weighted by molar-refractivity contribution is 0.410. The molecular weight excluding hydrogens is 373 g/mol. The van der Waals surface area contributed by atoms with Gasteiger partial charge in [0.15, 0.2) is 0 Å². The number of ether oxygens (including phenoxy) is 1. The number of hydrogen-bond acceptors (Lipinski definition) is 1. The molecule has 0 aliphatic carbocycles. The van der Waals surface area contributed by atoms with Crippen molar-refractivity contribution in [2.24, 2.45) is 0 Å². The van der Waals surface area contributed by atoms with Crippen LogP contribution in [-0.2, 0) is 0 Å². The van der Waals surface area contributed by atoms with E-state index in [9.17, 15) is 8.78 Å². The molecule has 0 bridgehead atoms. The highest BCUT2D eigenvalue weighted by molar-refractivity contribution is 9.10. The van der Waals surface area contributed by atoms with Gasteiger partial charge in [0.2, 0.25) is 0 Å². The minimum Gasteiger partial charge on any atom is -0.496 e. The standard InChI is InChI=1S/C14H9BrCl2F2O/c1-20-13-4-7(16)2-3-8(13)14(17)9-5-12(19)10(15)6-11(9)18/h2-6,14H,1H3. The molecule has 0 radical (unpaired) electrons. The van der Waals surface area contributed by atoms with Crippen LogP contribution in [0.2, 0.25) is 5.02 Å². The maximum Gasteiger partial charge on any atom is 0.137 e. The predicted molar refractivity (Wildman–Crippen MR) is 79.8 cm³/mol. The highest BCUT2D eigenvalue weighted by atomic mass is 79.9. The zero-order valence-electron chi connectivity index (χ0n) is 10.3. The molecule has 1 nitrogen and oxygen atoms in total. The van der Waals surface area contributed by atoms with Crippen LogP contribution in [-0.4, -0.2) is 7.11 Å². The van der Waals surface area contributed by atoms with Gasteiger partial charge in [0.05, 0.1) is 17.0 Å². The summed E-state index contributed by atoms with van der Waals surface area (Å²) >= 11 is 15.0. The Bertz CT molecular complexity index is 649. The minimum absolute atomic E-state index is 0.0352. The number of methoxy groups -OCH3 is 1. The topological polar surface area (TPSA) is 9.23 Å². The molecule has 1 atom stereocenters. The second-order valence-corrected chi connectivity index (χ2v) is 5.76. The molecule has 0 fully saturated rings. The first-order valence-electron chi connectivity index (χ1n) is 5.56. The van der Waals surface area contributed by atoms with Crippen molar-refractivity contribution in [2.75, 3.05) is 7.11 Å². The minimum atomic E-state index is -0.884. The van der Waals surface area contributed by atoms with Gasteiger partial charge in [0.25, 0.3) is 0 Å². The van der Waals surface area contributed by atoms with Crippen LogP contribution in [0, 0.1) is 11.6 Å². The fraction of sp³-hybridized carbons (Fsp3) is 0.143. The molecule has 2 aromatic carbocycles. The number of rotatable bonds is 3. The summed E-state index contributed by atoms with van der Waals surface area (Å²) in [5.41, 5.74) is 0.548. The first-order valence-corrected chi connectivity index (χ1v) is 7.16. The van der Waals surface area contributed by atoms with Crippen LogP contribution in [0.5, 0.6) is 5.75 Å². The van der Waals surface area contributed by atoms with Crippen molar-refractivity contribution in [3.05, 3.63) is 62.6 Å². The Balaban J connectivity index is 2.51. The molecule has 2 aromatic rings. The molecule has 0 saturated heterocycles. The Labute approximate surface area is 133 Å². The van der Waals surface area contributed by atoms with Crippen LogP contribution in [0.15, 0.2) is 34.8 Å². The van der Waals surface area contributed by atoms with Gasteiger partial charge in [-0.3, -0.25) is 0 Å². The van der Waals surface area contributed by atoms with E-state index in [0.717, 1.165) is 12.1 Å². The van der Waals surface area contributed by atoms with Crippen LogP contribution in [0.1, 0.15) is 16.5 Å². The smallest absolute Gasteiger partial charge is 0.137 e. The van der Waals surface area contributed by atoms with E-state index in [1.807, 2.05) is 0 Å². The summed E-state index contributed by atoms with van der Waals surface area (Å²) < 4.78 is 32.7. The first kappa shape index (κ1) is 15.5. The van der Waals surface area contributed by atoms with Gasteiger partial charge in [0, 0.05) is 16.1 Å². The second kappa shape index (κ2) is 6.29. The van der Waals surface area contributed by atoms with Crippen LogP contribution < -0.4 is 4.74 Å². The molecule has 2 rings (SSSR count). The Kier molecular flexibility index (Phi) is 4.89. The number of benzene rings is 2. The van der Waals surface area contributed by atoms with Crippen molar-refractivity contribution in [3.8, 4) is 5.75 Å². The zero-order chi connectivity index (χ0) is 14.9. The number of alkyl halides is 1. The molecular formula is C14H9BrCl2F2O. The van der Waals surface area contributed by atoms with Crippen molar-refractivity contribution < 1.29 is 13.5 Å². The van der Waals surface area contributed by atoms with E-state index in [2.05, 4.69) is 15.9 Å². The van der Waals surface area contributed by atoms with E-state index in [4.69, 9.17) is 27.9 Å². The van der Waals surface area contributed by atoms with E-state index in [-0.39, 0.29) is 10.0 Å². The molecule has 0 N–H and O–H groups in total. The summed E-state index contributed by atoms with van der Waals surface area (Å²) in [6.07, 6.45) is 0. The largest absolute Gasteiger partial charge is 0.496 e. The zero-order valence-corrected chi connectivity index (χ0v) is 13.4. The molecule has 6 heteroatoms. The molecule has 0 amide bonds. The van der Waals surface area contributed by atoms with E-state index in [1.54, 1.807) is 18.2 Å². The third-order valence-corrected chi connectivity index (χ3v) is 4.09. The van der Waals surface area contributed by atoms with Crippen LogP contribution in [0.3, 0.4) is 0 Å². The summed E-state index contributed by atoms with van der Waals surface area (Å²) in [5.74, 6) is -0.768. The van der Waals surface area contributed by atoms with Crippen LogP contribution >= 0.6 is 39.1 Å². The van der Waals surface area contributed by atoms with Gasteiger partial charge in [-0.05, 0) is 40.2 Å². The maximum absolute atomic E-state index is 13.9. The predicted octanol–water partition coefficient (Wildman–Crippen LogP) is 5.72. The Hall–Kier alpha value is -0.840. The number of hydrogen-bond donors (Lipinski definition) is 0. The summed E-state index contributed by atoms with van der Waals surface area (Å²) in [4.78, 5) is 0. The maximum atomic E-state index is 13.9. The van der Waals surface area contributed by atoms with Crippen LogP contribution in [0.25, 0.3) is 0 Å². The lowest BCUT2D eigenvalue weighted by Gasteiger charge is -2.15. The fourth-order valence-corrected chi connectivity index (χ4v) is 2.62. The molecule has 0 aliphatic rings. The molecule has 106 valence electrons. The van der Waals surface area contributed by atoms with Crippen molar-refractivity contribution in [1.29, 1.82) is 0 Å². The average molecular weight is 382 g/mol. The Morgan fingerprint density at radius 3 is 2.45 bits per heavy atom. The van der Waals surface area contributed by atoms with Crippen LogP contribution in [0.4, 0.5) is 8.78 Å². The van der Waals surface area contributed by atoms with Crippen molar-refractivity contribution in [1.82, 2.24) is 0 Å². The van der Waals surface area contributed by atoms with Gasteiger partial charge in [-0.1, -0.05) is 17.7 Å². The van der Waals surface area contributed by atoms with E-state index in [0.29, 0.717) is 16.3 Å². The highest BCUT2D eigenvalue weighted by Gasteiger charge is 2.21. The fourth-order valence-electron chi connectivity index (χ4n) is 1.79. The molecule has 0 heterocycles. The quantitative estimate of drug-likeness (QED) is 0.488. The van der Waals surface area contributed by atoms with Crippen molar-refractivity contribution in [2.45, 2.75) is 5.38 Å². The molecule has 0 aromatic heterocycles. The molecule has 1 unspecified atom stereocenters. The normalized spacial score (nSPS) is 12.3. The Morgan fingerprint density at radius 1 is 1.10 bits per heavy atom. The van der Waals surface area contributed by atoms with E-state index >= 15 is 0 Å².